The molecular formula is C11H17N3O2. The van der Waals surface area contributed by atoms with Crippen molar-refractivity contribution in [3.8, 4) is 5.88 Å². The Balaban J connectivity index is 2.84. The van der Waals surface area contributed by atoms with Crippen molar-refractivity contribution in [1.82, 2.24) is 4.98 Å². The lowest BCUT2D eigenvalue weighted by molar-refractivity contribution is -0.120. The summed E-state index contributed by atoms with van der Waals surface area (Å²) in [6.45, 7) is 5.62. The minimum absolute atomic E-state index is 0.276. The van der Waals surface area contributed by atoms with Gasteiger partial charge in [0.25, 0.3) is 0 Å². The Morgan fingerprint density at radius 3 is 2.88 bits per heavy atom. The monoisotopic (exact) mass is 223 g/mol. The van der Waals surface area contributed by atoms with Crippen LogP contribution in [0.5, 0.6) is 5.88 Å². The second-order valence-electron chi connectivity index (χ2n) is 3.96. The lowest BCUT2D eigenvalue weighted by Crippen LogP contribution is -2.45. The molecule has 1 amide bonds. The number of aromatic nitrogens is 1. The number of amides is 1. The fourth-order valence-electron chi connectivity index (χ4n) is 1.02. The molecule has 0 aliphatic rings. The largest absolute Gasteiger partial charge is 0.476 e. The Labute approximate surface area is 95.0 Å². The summed E-state index contributed by atoms with van der Waals surface area (Å²) in [5, 5.41) is 2.68. The second kappa shape index (κ2) is 4.94. The van der Waals surface area contributed by atoms with Gasteiger partial charge in [-0.1, -0.05) is 0 Å². The number of hydrogen-bond acceptors (Lipinski definition) is 4. The number of ether oxygens (including phenoxy) is 1. The molecule has 0 aliphatic carbocycles. The Bertz CT molecular complexity index is 372. The lowest BCUT2D eigenvalue weighted by Gasteiger charge is -2.18. The van der Waals surface area contributed by atoms with Crippen LogP contribution in [-0.4, -0.2) is 23.0 Å². The zero-order valence-corrected chi connectivity index (χ0v) is 9.78. The molecule has 1 aromatic rings. The Hall–Kier alpha value is -1.62. The maximum Gasteiger partial charge on any atom is 0.244 e. The van der Waals surface area contributed by atoms with Crippen molar-refractivity contribution in [3.05, 3.63) is 18.3 Å². The minimum atomic E-state index is -0.931. The van der Waals surface area contributed by atoms with Crippen molar-refractivity contribution in [3.63, 3.8) is 0 Å². The summed E-state index contributed by atoms with van der Waals surface area (Å²) >= 11 is 0. The van der Waals surface area contributed by atoms with Gasteiger partial charge in [-0.15, -0.1) is 0 Å². The summed E-state index contributed by atoms with van der Waals surface area (Å²) in [5.74, 6) is 0.129. The average molecular weight is 223 g/mol. The van der Waals surface area contributed by atoms with E-state index in [9.17, 15) is 4.79 Å². The first-order valence-electron chi connectivity index (χ1n) is 5.13. The van der Waals surface area contributed by atoms with Gasteiger partial charge >= 0.3 is 0 Å². The topological polar surface area (TPSA) is 77.2 Å². The van der Waals surface area contributed by atoms with Crippen LogP contribution in [0.2, 0.25) is 0 Å². The molecule has 0 bridgehead atoms. The molecule has 0 saturated carbocycles. The van der Waals surface area contributed by atoms with E-state index in [-0.39, 0.29) is 5.91 Å². The maximum absolute atomic E-state index is 11.7. The van der Waals surface area contributed by atoms with Gasteiger partial charge in [0.15, 0.2) is 0 Å². The van der Waals surface area contributed by atoms with Gasteiger partial charge in [0.1, 0.15) is 5.69 Å². The summed E-state index contributed by atoms with van der Waals surface area (Å²) in [7, 11) is 0. The van der Waals surface area contributed by atoms with Gasteiger partial charge in [0.05, 0.1) is 12.1 Å². The van der Waals surface area contributed by atoms with E-state index < -0.39 is 5.54 Å². The highest BCUT2D eigenvalue weighted by Crippen LogP contribution is 2.21. The smallest absolute Gasteiger partial charge is 0.244 e. The van der Waals surface area contributed by atoms with Crippen LogP contribution in [0.4, 0.5) is 5.69 Å². The Morgan fingerprint density at radius 1 is 1.62 bits per heavy atom. The van der Waals surface area contributed by atoms with Crippen molar-refractivity contribution < 1.29 is 9.53 Å². The summed E-state index contributed by atoms with van der Waals surface area (Å²) in [6.07, 6.45) is 1.61. The molecule has 3 N–H and O–H groups in total. The molecular weight excluding hydrogens is 206 g/mol. The van der Waals surface area contributed by atoms with Crippen molar-refractivity contribution in [2.45, 2.75) is 26.3 Å². The molecule has 0 aromatic carbocycles. The van der Waals surface area contributed by atoms with E-state index >= 15 is 0 Å². The normalized spacial score (nSPS) is 11.0. The first kappa shape index (κ1) is 12.4. The Morgan fingerprint density at radius 2 is 2.31 bits per heavy atom. The average Bonchev–Trinajstić information content (AvgIpc) is 2.20. The van der Waals surface area contributed by atoms with Crippen molar-refractivity contribution >= 4 is 11.6 Å². The van der Waals surface area contributed by atoms with E-state index in [4.69, 9.17) is 10.5 Å². The van der Waals surface area contributed by atoms with Crippen LogP contribution in [0.3, 0.4) is 0 Å². The third-order valence-corrected chi connectivity index (χ3v) is 1.89. The molecule has 5 nitrogen and oxygen atoms in total. The summed E-state index contributed by atoms with van der Waals surface area (Å²) in [4.78, 5) is 15.7. The maximum atomic E-state index is 11.7. The van der Waals surface area contributed by atoms with Gasteiger partial charge in [-0.2, -0.15) is 0 Å². The van der Waals surface area contributed by atoms with E-state index in [1.165, 1.54) is 0 Å². The van der Waals surface area contributed by atoms with Gasteiger partial charge in [-0.25, -0.2) is 4.98 Å². The van der Waals surface area contributed by atoms with Crippen LogP contribution < -0.4 is 15.8 Å². The number of carbonyl (C=O) groups is 1. The molecule has 0 atom stereocenters. The highest BCUT2D eigenvalue weighted by atomic mass is 16.5. The number of rotatable bonds is 4. The molecule has 1 aromatic heterocycles. The number of carbonyl (C=O) groups excluding carboxylic acids is 1. The molecule has 0 unspecified atom stereocenters. The van der Waals surface area contributed by atoms with Gasteiger partial charge in [0, 0.05) is 6.20 Å². The van der Waals surface area contributed by atoms with Crippen molar-refractivity contribution in [2.24, 2.45) is 5.73 Å². The number of nitrogens with two attached hydrogens (primary N) is 1. The molecule has 1 rings (SSSR count). The number of nitrogens with zero attached hydrogens (tertiary/aromatic N) is 1. The predicted octanol–water partition coefficient (Wildman–Crippen LogP) is 1.16. The van der Waals surface area contributed by atoms with Crippen LogP contribution >= 0.6 is 0 Å². The van der Waals surface area contributed by atoms with Gasteiger partial charge < -0.3 is 15.8 Å². The second-order valence-corrected chi connectivity index (χ2v) is 3.96. The molecule has 5 heteroatoms. The number of hydrogen-bond donors (Lipinski definition) is 2. The van der Waals surface area contributed by atoms with E-state index in [0.717, 1.165) is 0 Å². The van der Waals surface area contributed by atoms with Crippen molar-refractivity contribution in [1.29, 1.82) is 0 Å². The van der Waals surface area contributed by atoms with Gasteiger partial charge in [-0.3, -0.25) is 4.79 Å². The van der Waals surface area contributed by atoms with E-state index in [1.807, 2.05) is 6.92 Å². The van der Waals surface area contributed by atoms with Gasteiger partial charge in [0.2, 0.25) is 11.8 Å². The van der Waals surface area contributed by atoms with Crippen LogP contribution in [-0.2, 0) is 4.79 Å². The quantitative estimate of drug-likeness (QED) is 0.802. The third kappa shape index (κ3) is 3.20. The fraction of sp³-hybridized carbons (Fsp3) is 0.455. The summed E-state index contributed by atoms with van der Waals surface area (Å²) in [5.41, 5.74) is 5.28. The summed E-state index contributed by atoms with van der Waals surface area (Å²) < 4.78 is 5.28. The predicted molar refractivity (Wildman–Crippen MR) is 62.3 cm³/mol. The molecule has 0 saturated heterocycles. The molecule has 0 radical (unpaired) electrons. The minimum Gasteiger partial charge on any atom is -0.476 e. The zero-order chi connectivity index (χ0) is 12.2. The first-order valence-corrected chi connectivity index (χ1v) is 5.13. The highest BCUT2D eigenvalue weighted by Gasteiger charge is 2.22. The fourth-order valence-corrected chi connectivity index (χ4v) is 1.02. The standard InChI is InChI=1S/C11H17N3O2/c1-4-16-9-8(6-5-7-13-9)14-10(15)11(2,3)12/h5-7H,4,12H2,1-3H3,(H,14,15). The van der Waals surface area contributed by atoms with Crippen LogP contribution in [0, 0.1) is 0 Å². The lowest BCUT2D eigenvalue weighted by atomic mass is 10.1. The van der Waals surface area contributed by atoms with E-state index in [1.54, 1.807) is 32.2 Å². The number of anilines is 1. The summed E-state index contributed by atoms with van der Waals surface area (Å²) in [6, 6.07) is 3.45. The van der Waals surface area contributed by atoms with E-state index in [0.29, 0.717) is 18.2 Å². The highest BCUT2D eigenvalue weighted by molar-refractivity contribution is 5.98. The van der Waals surface area contributed by atoms with Crippen LogP contribution in [0.1, 0.15) is 20.8 Å². The van der Waals surface area contributed by atoms with Crippen molar-refractivity contribution in [2.75, 3.05) is 11.9 Å². The molecule has 16 heavy (non-hydrogen) atoms. The molecule has 1 heterocycles. The first-order chi connectivity index (χ1) is 7.45. The van der Waals surface area contributed by atoms with Gasteiger partial charge in [-0.05, 0) is 32.9 Å². The third-order valence-electron chi connectivity index (χ3n) is 1.89. The number of pyridine rings is 1. The zero-order valence-electron chi connectivity index (χ0n) is 9.78. The van der Waals surface area contributed by atoms with Crippen LogP contribution in [0.25, 0.3) is 0 Å². The number of nitrogens with one attached hydrogen (secondary N) is 1. The molecule has 0 fully saturated rings. The SMILES string of the molecule is CCOc1ncccc1NC(=O)C(C)(C)N. The molecule has 88 valence electrons. The van der Waals surface area contributed by atoms with E-state index in [2.05, 4.69) is 10.3 Å². The molecule has 0 aliphatic heterocycles. The van der Waals surface area contributed by atoms with Crippen LogP contribution in [0.15, 0.2) is 18.3 Å². The Kier molecular flexibility index (Phi) is 3.84. The molecule has 0 spiro atoms.